The van der Waals surface area contributed by atoms with E-state index in [4.69, 9.17) is 0 Å². The highest BCUT2D eigenvalue weighted by molar-refractivity contribution is 6.10. The van der Waals surface area contributed by atoms with Gasteiger partial charge in [0.15, 0.2) is 0 Å². The Labute approximate surface area is 295 Å². The standard InChI is InChI=1S/C48H44N2/c1-3-13-33(14-4-1)37-25-27-47-43(31-37)41-21-7-9-23-45(41)49(47)39-19-11-17-35(29-39)36-18-12-20-40(30-36)50-46-24-10-8-22-42(46)44-32-38(26-28-48(44)50)34-15-5-2-6-16-34/h7-12,17-34H,1-6,13-16H2. The van der Waals surface area contributed by atoms with Gasteiger partial charge < -0.3 is 9.13 Å². The Morgan fingerprint density at radius 2 is 0.760 bits per heavy atom. The third-order valence-electron chi connectivity index (χ3n) is 12.1. The lowest BCUT2D eigenvalue weighted by Gasteiger charge is -2.22. The molecule has 0 aliphatic heterocycles. The van der Waals surface area contributed by atoms with Gasteiger partial charge in [-0.3, -0.25) is 0 Å². The lowest BCUT2D eigenvalue weighted by Crippen LogP contribution is -2.04. The maximum atomic E-state index is 2.50. The van der Waals surface area contributed by atoms with Crippen molar-refractivity contribution in [3.63, 3.8) is 0 Å². The molecular formula is C48H44N2. The van der Waals surface area contributed by atoms with Crippen molar-refractivity contribution in [2.24, 2.45) is 0 Å². The van der Waals surface area contributed by atoms with E-state index in [1.54, 1.807) is 0 Å². The van der Waals surface area contributed by atoms with Gasteiger partial charge in [0, 0.05) is 32.9 Å². The average molecular weight is 649 g/mol. The van der Waals surface area contributed by atoms with Crippen LogP contribution in [0.5, 0.6) is 0 Å². The molecule has 2 aliphatic rings. The van der Waals surface area contributed by atoms with E-state index in [9.17, 15) is 0 Å². The molecular weight excluding hydrogens is 605 g/mol. The number of nitrogens with zero attached hydrogens (tertiary/aromatic N) is 2. The number of aromatic nitrogens is 2. The zero-order chi connectivity index (χ0) is 33.0. The van der Waals surface area contributed by atoms with Crippen LogP contribution in [0.4, 0.5) is 0 Å². The first-order valence-electron chi connectivity index (χ1n) is 19.1. The van der Waals surface area contributed by atoms with E-state index in [1.807, 2.05) is 0 Å². The van der Waals surface area contributed by atoms with Gasteiger partial charge in [-0.15, -0.1) is 0 Å². The van der Waals surface area contributed by atoms with E-state index in [1.165, 1.54) is 141 Å². The molecule has 2 heterocycles. The zero-order valence-electron chi connectivity index (χ0n) is 28.8. The van der Waals surface area contributed by atoms with Crippen molar-refractivity contribution in [2.45, 2.75) is 76.0 Å². The Balaban J connectivity index is 1.07. The molecule has 2 nitrogen and oxygen atoms in total. The van der Waals surface area contributed by atoms with Gasteiger partial charge in [-0.2, -0.15) is 0 Å². The fraction of sp³-hybridized carbons (Fsp3) is 0.250. The Kier molecular flexibility index (Phi) is 7.36. The van der Waals surface area contributed by atoms with E-state index < -0.39 is 0 Å². The highest BCUT2D eigenvalue weighted by atomic mass is 15.0. The largest absolute Gasteiger partial charge is 0.309 e. The zero-order valence-corrected chi connectivity index (χ0v) is 28.8. The average Bonchev–Trinajstić information content (AvgIpc) is 3.71. The molecule has 2 saturated carbocycles. The SMILES string of the molecule is c1cc(-c2cccc(-n3c4ccccc4c4cc(C5CCCCC5)ccc43)c2)cc(-n2c3ccccc3c3cc(C4CCCCC4)ccc32)c1. The molecule has 2 aliphatic carbocycles. The maximum absolute atomic E-state index is 2.50. The van der Waals surface area contributed by atoms with Crippen molar-refractivity contribution in [1.29, 1.82) is 0 Å². The quantitative estimate of drug-likeness (QED) is 0.176. The van der Waals surface area contributed by atoms with Gasteiger partial charge in [-0.1, -0.05) is 111 Å². The van der Waals surface area contributed by atoms with Crippen molar-refractivity contribution in [2.75, 3.05) is 0 Å². The molecule has 2 heteroatoms. The van der Waals surface area contributed by atoms with Crippen LogP contribution in [0.2, 0.25) is 0 Å². The Hall–Kier alpha value is -5.08. The molecule has 0 atom stereocenters. The van der Waals surface area contributed by atoms with Crippen LogP contribution < -0.4 is 0 Å². The second kappa shape index (κ2) is 12.4. The molecule has 2 fully saturated rings. The number of hydrogen-bond donors (Lipinski definition) is 0. The monoisotopic (exact) mass is 648 g/mol. The van der Waals surface area contributed by atoms with E-state index >= 15 is 0 Å². The first-order chi connectivity index (χ1) is 24.8. The fourth-order valence-corrected chi connectivity index (χ4v) is 9.57. The first-order valence-corrected chi connectivity index (χ1v) is 19.1. The topological polar surface area (TPSA) is 9.86 Å². The molecule has 50 heavy (non-hydrogen) atoms. The Morgan fingerprint density at radius 3 is 1.22 bits per heavy atom. The summed E-state index contributed by atoms with van der Waals surface area (Å²) in [6.07, 6.45) is 13.5. The minimum Gasteiger partial charge on any atom is -0.309 e. The smallest absolute Gasteiger partial charge is 0.0541 e. The molecule has 0 radical (unpaired) electrons. The molecule has 0 spiro atoms. The van der Waals surface area contributed by atoms with E-state index in [0.717, 1.165) is 0 Å². The lowest BCUT2D eigenvalue weighted by molar-refractivity contribution is 0.444. The molecule has 10 rings (SSSR count). The summed E-state index contributed by atoms with van der Waals surface area (Å²) >= 11 is 0. The van der Waals surface area contributed by atoms with E-state index in [2.05, 4.69) is 143 Å². The normalized spacial score (nSPS) is 16.2. The van der Waals surface area contributed by atoms with Crippen LogP contribution in [0, 0.1) is 0 Å². The molecule has 0 unspecified atom stereocenters. The van der Waals surface area contributed by atoms with Crippen LogP contribution in [0.15, 0.2) is 133 Å². The van der Waals surface area contributed by atoms with Gasteiger partial charge in [0.25, 0.3) is 0 Å². The maximum Gasteiger partial charge on any atom is 0.0541 e. The second-order valence-electron chi connectivity index (χ2n) is 15.0. The van der Waals surface area contributed by atoms with Gasteiger partial charge >= 0.3 is 0 Å². The van der Waals surface area contributed by atoms with Crippen LogP contribution in [-0.4, -0.2) is 9.13 Å². The molecule has 246 valence electrons. The summed E-state index contributed by atoms with van der Waals surface area (Å²) < 4.78 is 4.94. The molecule has 8 aromatic rings. The number of benzene rings is 6. The molecule has 6 aromatic carbocycles. The molecule has 2 aromatic heterocycles. The Morgan fingerprint density at radius 1 is 0.340 bits per heavy atom. The highest BCUT2D eigenvalue weighted by Gasteiger charge is 2.20. The summed E-state index contributed by atoms with van der Waals surface area (Å²) in [5, 5.41) is 5.42. The van der Waals surface area contributed by atoms with Gasteiger partial charge in [0.1, 0.15) is 0 Å². The number of fused-ring (bicyclic) bond motifs is 6. The van der Waals surface area contributed by atoms with Crippen molar-refractivity contribution < 1.29 is 0 Å². The first kappa shape index (κ1) is 29.8. The summed E-state index contributed by atoms with van der Waals surface area (Å²) in [5.74, 6) is 1.39. The summed E-state index contributed by atoms with van der Waals surface area (Å²) in [6.45, 7) is 0. The van der Waals surface area contributed by atoms with Gasteiger partial charge in [0.2, 0.25) is 0 Å². The van der Waals surface area contributed by atoms with Crippen LogP contribution in [0.1, 0.15) is 87.2 Å². The third-order valence-corrected chi connectivity index (χ3v) is 12.1. The summed E-state index contributed by atoms with van der Waals surface area (Å²) in [6, 6.07) is 50.8. The van der Waals surface area contributed by atoms with Crippen molar-refractivity contribution in [3.05, 3.63) is 145 Å². The predicted octanol–water partition coefficient (Wildman–Crippen LogP) is 13.6. The molecule has 0 saturated heterocycles. The van der Waals surface area contributed by atoms with Gasteiger partial charge in [-0.05, 0) is 120 Å². The molecule has 0 N–H and O–H groups in total. The fourth-order valence-electron chi connectivity index (χ4n) is 9.57. The van der Waals surface area contributed by atoms with Crippen LogP contribution in [-0.2, 0) is 0 Å². The van der Waals surface area contributed by atoms with Crippen LogP contribution in [0.3, 0.4) is 0 Å². The van der Waals surface area contributed by atoms with E-state index in [-0.39, 0.29) is 0 Å². The van der Waals surface area contributed by atoms with Crippen LogP contribution >= 0.6 is 0 Å². The van der Waals surface area contributed by atoms with Crippen molar-refractivity contribution in [1.82, 2.24) is 9.13 Å². The number of para-hydroxylation sites is 2. The van der Waals surface area contributed by atoms with E-state index in [0.29, 0.717) is 11.8 Å². The number of rotatable bonds is 5. The summed E-state index contributed by atoms with van der Waals surface area (Å²) in [5.41, 5.74) is 13.0. The minimum absolute atomic E-state index is 0.694. The third kappa shape index (κ3) is 4.99. The predicted molar refractivity (Wildman–Crippen MR) is 212 cm³/mol. The molecule has 0 bridgehead atoms. The minimum atomic E-state index is 0.694. The van der Waals surface area contributed by atoms with Crippen LogP contribution in [0.25, 0.3) is 66.1 Å². The molecule has 0 amide bonds. The van der Waals surface area contributed by atoms with Gasteiger partial charge in [-0.25, -0.2) is 0 Å². The van der Waals surface area contributed by atoms with Crippen molar-refractivity contribution in [3.8, 4) is 22.5 Å². The highest BCUT2D eigenvalue weighted by Crippen LogP contribution is 2.40. The second-order valence-corrected chi connectivity index (χ2v) is 15.0. The van der Waals surface area contributed by atoms with Gasteiger partial charge in [0.05, 0.1) is 22.1 Å². The number of hydrogen-bond acceptors (Lipinski definition) is 0. The lowest BCUT2D eigenvalue weighted by atomic mass is 9.84. The summed E-state index contributed by atoms with van der Waals surface area (Å²) in [4.78, 5) is 0. The van der Waals surface area contributed by atoms with Crippen molar-refractivity contribution >= 4 is 43.6 Å². The summed E-state index contributed by atoms with van der Waals surface area (Å²) in [7, 11) is 0. The Bertz CT molecular complexity index is 2340.